The minimum absolute atomic E-state index is 0.183. The highest BCUT2D eigenvalue weighted by Crippen LogP contribution is 2.09. The number of aliphatic hydroxyl groups excluding tert-OH is 1. The summed E-state index contributed by atoms with van der Waals surface area (Å²) >= 11 is 0. The van der Waals surface area contributed by atoms with Gasteiger partial charge in [0.15, 0.2) is 0 Å². The van der Waals surface area contributed by atoms with Crippen LogP contribution < -0.4 is 21.7 Å². The molecule has 0 aromatic heterocycles. The third-order valence-corrected chi connectivity index (χ3v) is 5.51. The van der Waals surface area contributed by atoms with Crippen LogP contribution in [0.25, 0.3) is 0 Å². The number of hydrogen-bond acceptors (Lipinski definition) is 7. The van der Waals surface area contributed by atoms with E-state index in [4.69, 9.17) is 10.8 Å². The summed E-state index contributed by atoms with van der Waals surface area (Å²) in [6, 6.07) is 3.78. The van der Waals surface area contributed by atoms with Crippen molar-refractivity contribution in [3.05, 3.63) is 35.9 Å². The van der Waals surface area contributed by atoms with E-state index in [1.54, 1.807) is 44.2 Å². The molecule has 0 heterocycles. The number of amides is 3. The Hall–Kier alpha value is -3.51. The fourth-order valence-corrected chi connectivity index (χ4v) is 3.18. The number of nitrogens with one attached hydrogen (secondary N) is 3. The third kappa shape index (κ3) is 10.1. The summed E-state index contributed by atoms with van der Waals surface area (Å²) in [4.78, 5) is 60.4. The molecule has 0 aliphatic heterocycles. The van der Waals surface area contributed by atoms with Gasteiger partial charge in [0.05, 0.1) is 12.6 Å². The summed E-state index contributed by atoms with van der Waals surface area (Å²) in [6.45, 7) is 2.56. The summed E-state index contributed by atoms with van der Waals surface area (Å²) < 4.78 is 0. The van der Waals surface area contributed by atoms with E-state index in [9.17, 15) is 34.2 Å². The van der Waals surface area contributed by atoms with Crippen LogP contribution in [0.2, 0.25) is 0 Å². The molecule has 0 radical (unpaired) electrons. The number of benzene rings is 1. The van der Waals surface area contributed by atoms with E-state index in [0.717, 1.165) is 5.56 Å². The molecule has 12 nitrogen and oxygen atoms in total. The van der Waals surface area contributed by atoms with Gasteiger partial charge in [-0.25, -0.2) is 4.79 Å². The molecule has 0 spiro atoms. The van der Waals surface area contributed by atoms with Crippen LogP contribution in [0.4, 0.5) is 0 Å². The lowest BCUT2D eigenvalue weighted by molar-refractivity contribution is -0.144. The van der Waals surface area contributed by atoms with Gasteiger partial charge < -0.3 is 37.0 Å². The standard InChI is InChI=1S/C23H34N4O8/c1-3-13(2)19(23(34)35)27-21(32)16(9-10-18(29)30)25-22(33)17(12-28)26-20(31)15(24)11-14-7-5-4-6-8-14/h4-8,13,15-17,19,28H,3,9-12,24H2,1-2H3,(H,25,33)(H,26,31)(H,27,32)(H,29,30)(H,34,35). The summed E-state index contributed by atoms with van der Waals surface area (Å²) in [6.07, 6.45) is -0.190. The maximum Gasteiger partial charge on any atom is 0.326 e. The maximum absolute atomic E-state index is 12.7. The average molecular weight is 495 g/mol. The molecule has 0 fully saturated rings. The minimum atomic E-state index is -1.46. The molecular formula is C23H34N4O8. The van der Waals surface area contributed by atoms with Crippen molar-refractivity contribution < 1.29 is 39.3 Å². The first-order chi connectivity index (χ1) is 16.5. The van der Waals surface area contributed by atoms with Crippen molar-refractivity contribution in [1.82, 2.24) is 16.0 Å². The van der Waals surface area contributed by atoms with E-state index < -0.39 is 72.8 Å². The topological polar surface area (TPSA) is 208 Å². The lowest BCUT2D eigenvalue weighted by atomic mass is 9.98. The first-order valence-corrected chi connectivity index (χ1v) is 11.3. The second kappa shape index (κ2) is 14.7. The van der Waals surface area contributed by atoms with Gasteiger partial charge in [-0.05, 0) is 24.3 Å². The normalized spacial score (nSPS) is 15.1. The highest BCUT2D eigenvalue weighted by Gasteiger charge is 2.32. The Morgan fingerprint density at radius 3 is 2.00 bits per heavy atom. The fourth-order valence-electron chi connectivity index (χ4n) is 3.18. The molecule has 5 unspecified atom stereocenters. The minimum Gasteiger partial charge on any atom is -0.481 e. The van der Waals surface area contributed by atoms with E-state index in [1.807, 2.05) is 0 Å². The van der Waals surface area contributed by atoms with Crippen LogP contribution in [0.1, 0.15) is 38.7 Å². The molecule has 0 saturated heterocycles. The Bertz CT molecular complexity index is 880. The van der Waals surface area contributed by atoms with Crippen LogP contribution in [0, 0.1) is 5.92 Å². The van der Waals surface area contributed by atoms with Crippen molar-refractivity contribution in [3.8, 4) is 0 Å². The van der Waals surface area contributed by atoms with Gasteiger partial charge in [0.25, 0.3) is 0 Å². The second-order valence-electron chi connectivity index (χ2n) is 8.24. The Labute approximate surface area is 203 Å². The van der Waals surface area contributed by atoms with Gasteiger partial charge in [-0.3, -0.25) is 19.2 Å². The quantitative estimate of drug-likeness (QED) is 0.159. The lowest BCUT2D eigenvalue weighted by Gasteiger charge is -2.26. The average Bonchev–Trinajstić information content (AvgIpc) is 2.82. The number of hydrogen-bond donors (Lipinski definition) is 7. The fraction of sp³-hybridized carbons (Fsp3) is 0.522. The number of nitrogens with two attached hydrogens (primary N) is 1. The SMILES string of the molecule is CCC(C)C(NC(=O)C(CCC(=O)O)NC(=O)C(CO)NC(=O)C(N)Cc1ccccc1)C(=O)O. The lowest BCUT2D eigenvalue weighted by Crippen LogP contribution is -2.58. The smallest absolute Gasteiger partial charge is 0.326 e. The first-order valence-electron chi connectivity index (χ1n) is 11.3. The highest BCUT2D eigenvalue weighted by atomic mass is 16.4. The number of carbonyl (C=O) groups excluding carboxylic acids is 3. The van der Waals surface area contributed by atoms with E-state index >= 15 is 0 Å². The summed E-state index contributed by atoms with van der Waals surface area (Å²) in [5.41, 5.74) is 6.69. The van der Waals surface area contributed by atoms with Crippen molar-refractivity contribution in [2.45, 2.75) is 63.7 Å². The molecule has 8 N–H and O–H groups in total. The summed E-state index contributed by atoms with van der Waals surface area (Å²) in [5, 5.41) is 34.9. The molecule has 5 atom stereocenters. The molecule has 3 amide bonds. The van der Waals surface area contributed by atoms with Crippen molar-refractivity contribution in [2.24, 2.45) is 11.7 Å². The van der Waals surface area contributed by atoms with Crippen LogP contribution >= 0.6 is 0 Å². The number of carbonyl (C=O) groups is 5. The van der Waals surface area contributed by atoms with Gasteiger partial charge in [-0.1, -0.05) is 50.6 Å². The monoisotopic (exact) mass is 494 g/mol. The van der Waals surface area contributed by atoms with Crippen molar-refractivity contribution in [3.63, 3.8) is 0 Å². The van der Waals surface area contributed by atoms with Gasteiger partial charge in [-0.2, -0.15) is 0 Å². The zero-order valence-electron chi connectivity index (χ0n) is 19.8. The maximum atomic E-state index is 12.7. The van der Waals surface area contributed by atoms with Crippen molar-refractivity contribution in [2.75, 3.05) is 6.61 Å². The van der Waals surface area contributed by atoms with E-state index in [0.29, 0.717) is 6.42 Å². The Morgan fingerprint density at radius 1 is 0.914 bits per heavy atom. The zero-order chi connectivity index (χ0) is 26.5. The van der Waals surface area contributed by atoms with Gasteiger partial charge in [0.2, 0.25) is 17.7 Å². The predicted molar refractivity (Wildman–Crippen MR) is 125 cm³/mol. The summed E-state index contributed by atoms with van der Waals surface area (Å²) in [7, 11) is 0. The Kier molecular flexibility index (Phi) is 12.4. The molecule has 0 bridgehead atoms. The predicted octanol–water partition coefficient (Wildman–Crippen LogP) is -1.00. The molecule has 0 aliphatic carbocycles. The van der Waals surface area contributed by atoms with Crippen LogP contribution in [0.5, 0.6) is 0 Å². The number of carboxylic acids is 2. The molecule has 0 saturated carbocycles. The van der Waals surface area contributed by atoms with E-state index in [2.05, 4.69) is 16.0 Å². The van der Waals surface area contributed by atoms with Crippen molar-refractivity contribution >= 4 is 29.7 Å². The number of carboxylic acid groups (broad SMARTS) is 2. The molecule has 194 valence electrons. The molecule has 1 aromatic carbocycles. The summed E-state index contributed by atoms with van der Waals surface area (Å²) in [5.74, 6) is -5.48. The van der Waals surface area contributed by atoms with Gasteiger partial charge >= 0.3 is 11.9 Å². The highest BCUT2D eigenvalue weighted by molar-refractivity contribution is 5.94. The van der Waals surface area contributed by atoms with Crippen LogP contribution in [0.15, 0.2) is 30.3 Å². The molecular weight excluding hydrogens is 460 g/mol. The van der Waals surface area contributed by atoms with Gasteiger partial charge in [0, 0.05) is 6.42 Å². The van der Waals surface area contributed by atoms with E-state index in [-0.39, 0.29) is 12.8 Å². The largest absolute Gasteiger partial charge is 0.481 e. The van der Waals surface area contributed by atoms with Gasteiger partial charge in [-0.15, -0.1) is 0 Å². The Balaban J connectivity index is 2.88. The van der Waals surface area contributed by atoms with Crippen LogP contribution in [-0.4, -0.2) is 75.8 Å². The number of aliphatic carboxylic acids is 2. The van der Waals surface area contributed by atoms with Gasteiger partial charge in [0.1, 0.15) is 18.1 Å². The molecule has 1 aromatic rings. The van der Waals surface area contributed by atoms with Crippen LogP contribution in [-0.2, 0) is 30.4 Å². The number of rotatable bonds is 15. The molecule has 1 rings (SSSR count). The zero-order valence-corrected chi connectivity index (χ0v) is 19.8. The molecule has 35 heavy (non-hydrogen) atoms. The van der Waals surface area contributed by atoms with Crippen molar-refractivity contribution in [1.29, 1.82) is 0 Å². The Morgan fingerprint density at radius 2 is 1.49 bits per heavy atom. The molecule has 0 aliphatic rings. The second-order valence-corrected chi connectivity index (χ2v) is 8.24. The number of aliphatic hydroxyl groups is 1. The van der Waals surface area contributed by atoms with E-state index in [1.165, 1.54) is 0 Å². The first kappa shape index (κ1) is 29.5. The van der Waals surface area contributed by atoms with Crippen LogP contribution in [0.3, 0.4) is 0 Å². The third-order valence-electron chi connectivity index (χ3n) is 5.51. The molecule has 12 heteroatoms.